The lowest BCUT2D eigenvalue weighted by molar-refractivity contribution is -0.143. The molecule has 2 aromatic rings. The van der Waals surface area contributed by atoms with Gasteiger partial charge in [0, 0.05) is 31.2 Å². The van der Waals surface area contributed by atoms with Gasteiger partial charge in [0.2, 0.25) is 17.7 Å². The van der Waals surface area contributed by atoms with Crippen molar-refractivity contribution >= 4 is 29.7 Å². The molecule has 0 aliphatic heterocycles. The zero-order valence-corrected chi connectivity index (χ0v) is 21.6. The fourth-order valence-electron chi connectivity index (χ4n) is 3.55. The van der Waals surface area contributed by atoms with Crippen LogP contribution in [0.25, 0.3) is 0 Å². The summed E-state index contributed by atoms with van der Waals surface area (Å²) in [5.74, 6) is -5.14. The van der Waals surface area contributed by atoms with Crippen LogP contribution in [0.15, 0.2) is 36.8 Å². The van der Waals surface area contributed by atoms with Crippen molar-refractivity contribution in [1.82, 2.24) is 25.9 Å². The van der Waals surface area contributed by atoms with Gasteiger partial charge in [-0.1, -0.05) is 26.0 Å². The van der Waals surface area contributed by atoms with Crippen molar-refractivity contribution in [2.24, 2.45) is 11.7 Å². The van der Waals surface area contributed by atoms with Crippen LogP contribution in [0.4, 0.5) is 0 Å². The number of aromatic nitrogens is 2. The minimum atomic E-state index is -1.42. The molecule has 0 aliphatic rings. The summed E-state index contributed by atoms with van der Waals surface area (Å²) < 4.78 is 0. The van der Waals surface area contributed by atoms with Gasteiger partial charge >= 0.3 is 11.9 Å². The first-order valence-corrected chi connectivity index (χ1v) is 12.2. The number of imidazole rings is 1. The van der Waals surface area contributed by atoms with E-state index in [1.807, 2.05) is 0 Å². The molecule has 0 aliphatic carbocycles. The van der Waals surface area contributed by atoms with E-state index < -0.39 is 60.2 Å². The topological polar surface area (TPSA) is 237 Å². The van der Waals surface area contributed by atoms with E-state index in [0.29, 0.717) is 11.3 Å². The number of aromatic hydroxyl groups is 1. The maximum absolute atomic E-state index is 13.2. The number of hydrogen-bond acceptors (Lipinski definition) is 8. The minimum Gasteiger partial charge on any atom is -0.508 e. The SMILES string of the molecule is CC(C)C(N)C(=O)NC(Cc1cnc[nH]1)C(=O)NC(CCC(=O)O)C(=O)NC(Cc1ccc(O)cc1)C(=O)O. The molecule has 0 radical (unpaired) electrons. The molecule has 0 saturated carbocycles. The van der Waals surface area contributed by atoms with E-state index in [1.54, 1.807) is 13.8 Å². The number of aromatic amines is 1. The van der Waals surface area contributed by atoms with Crippen molar-refractivity contribution in [2.45, 2.75) is 63.7 Å². The third-order valence-corrected chi connectivity index (χ3v) is 5.90. The number of carboxylic acids is 2. The molecule has 212 valence electrons. The zero-order valence-electron chi connectivity index (χ0n) is 21.6. The molecular weight excluding hydrogens is 512 g/mol. The maximum atomic E-state index is 13.2. The predicted octanol–water partition coefficient (Wildman–Crippen LogP) is -0.712. The Kier molecular flexibility index (Phi) is 11.4. The summed E-state index contributed by atoms with van der Waals surface area (Å²) in [6.45, 7) is 3.47. The second-order valence-corrected chi connectivity index (χ2v) is 9.38. The summed E-state index contributed by atoms with van der Waals surface area (Å²) in [5.41, 5.74) is 6.91. The Balaban J connectivity index is 2.22. The van der Waals surface area contributed by atoms with Crippen LogP contribution in [0.1, 0.15) is 37.9 Å². The lowest BCUT2D eigenvalue weighted by Crippen LogP contribution is -2.58. The molecule has 0 saturated heterocycles. The van der Waals surface area contributed by atoms with Gasteiger partial charge in [0.05, 0.1) is 12.4 Å². The quantitative estimate of drug-likeness (QED) is 0.140. The Bertz CT molecular complexity index is 1140. The van der Waals surface area contributed by atoms with Crippen molar-refractivity contribution in [3.05, 3.63) is 48.0 Å². The first-order valence-electron chi connectivity index (χ1n) is 12.2. The van der Waals surface area contributed by atoms with Gasteiger partial charge in [-0.15, -0.1) is 0 Å². The average molecular weight is 547 g/mol. The van der Waals surface area contributed by atoms with Crippen molar-refractivity contribution in [3.8, 4) is 5.75 Å². The van der Waals surface area contributed by atoms with E-state index >= 15 is 0 Å². The maximum Gasteiger partial charge on any atom is 0.326 e. The third-order valence-electron chi connectivity index (χ3n) is 5.90. The standard InChI is InChI=1S/C25H34N6O8/c1-13(2)21(26)24(37)30-18(10-15-11-27-12-28-15)23(36)29-17(7-8-20(33)34)22(35)31-19(25(38)39)9-14-3-5-16(32)6-4-14/h3-6,11-13,17-19,21,32H,7-10,26H2,1-2H3,(H,27,28)(H,29,36)(H,30,37)(H,31,35)(H,33,34)(H,38,39). The molecule has 0 spiro atoms. The van der Waals surface area contributed by atoms with E-state index in [0.717, 1.165) is 0 Å². The molecule has 9 N–H and O–H groups in total. The van der Waals surface area contributed by atoms with Crippen molar-refractivity contribution < 1.29 is 39.3 Å². The molecule has 2 rings (SSSR count). The largest absolute Gasteiger partial charge is 0.508 e. The first-order chi connectivity index (χ1) is 18.4. The molecule has 3 amide bonds. The van der Waals surface area contributed by atoms with E-state index in [-0.39, 0.29) is 30.9 Å². The number of nitrogens with zero attached hydrogens (tertiary/aromatic N) is 1. The number of benzene rings is 1. The lowest BCUT2D eigenvalue weighted by Gasteiger charge is -2.25. The predicted molar refractivity (Wildman–Crippen MR) is 137 cm³/mol. The number of carbonyl (C=O) groups is 5. The van der Waals surface area contributed by atoms with Gasteiger partial charge in [-0.25, -0.2) is 9.78 Å². The number of hydrogen-bond donors (Lipinski definition) is 8. The van der Waals surface area contributed by atoms with Gasteiger partial charge in [0.1, 0.15) is 23.9 Å². The number of nitrogens with one attached hydrogen (secondary N) is 4. The Labute approximate surface area is 224 Å². The van der Waals surface area contributed by atoms with E-state index in [2.05, 4.69) is 25.9 Å². The summed E-state index contributed by atoms with van der Waals surface area (Å²) in [7, 11) is 0. The van der Waals surface area contributed by atoms with E-state index in [1.165, 1.54) is 36.8 Å². The van der Waals surface area contributed by atoms with Crippen LogP contribution in [-0.4, -0.2) is 79.1 Å². The molecule has 1 aromatic carbocycles. The lowest BCUT2D eigenvalue weighted by atomic mass is 10.0. The van der Waals surface area contributed by atoms with Crippen molar-refractivity contribution in [1.29, 1.82) is 0 Å². The molecule has 39 heavy (non-hydrogen) atoms. The highest BCUT2D eigenvalue weighted by molar-refractivity contribution is 5.94. The van der Waals surface area contributed by atoms with Crippen LogP contribution in [0.5, 0.6) is 5.75 Å². The van der Waals surface area contributed by atoms with Crippen molar-refractivity contribution in [3.63, 3.8) is 0 Å². The molecular formula is C25H34N6O8. The Morgan fingerprint density at radius 3 is 2.03 bits per heavy atom. The number of aliphatic carboxylic acids is 2. The highest BCUT2D eigenvalue weighted by atomic mass is 16.4. The van der Waals surface area contributed by atoms with E-state index in [9.17, 15) is 34.2 Å². The third kappa shape index (κ3) is 10.1. The molecule has 0 bridgehead atoms. The molecule has 4 atom stereocenters. The second kappa shape index (κ2) is 14.5. The van der Waals surface area contributed by atoms with Gasteiger partial charge in [0.25, 0.3) is 0 Å². The Hall–Kier alpha value is -4.46. The number of phenolic OH excluding ortho intramolecular Hbond substituents is 1. The van der Waals surface area contributed by atoms with Gasteiger partial charge in [0.15, 0.2) is 0 Å². The van der Waals surface area contributed by atoms with Gasteiger partial charge < -0.3 is 42.0 Å². The summed E-state index contributed by atoms with van der Waals surface area (Å²) in [5, 5.41) is 35.5. The molecule has 14 heteroatoms. The number of amides is 3. The van der Waals surface area contributed by atoms with Crippen LogP contribution in [0.2, 0.25) is 0 Å². The summed E-state index contributed by atoms with van der Waals surface area (Å²) in [6, 6.07) is 0.777. The van der Waals surface area contributed by atoms with Gasteiger partial charge in [-0.3, -0.25) is 19.2 Å². The zero-order chi connectivity index (χ0) is 29.1. The second-order valence-electron chi connectivity index (χ2n) is 9.38. The smallest absolute Gasteiger partial charge is 0.326 e. The fraction of sp³-hybridized carbons (Fsp3) is 0.440. The number of rotatable bonds is 15. The number of carboxylic acid groups (broad SMARTS) is 2. The van der Waals surface area contributed by atoms with E-state index in [4.69, 9.17) is 10.8 Å². The van der Waals surface area contributed by atoms with Gasteiger partial charge in [-0.2, -0.15) is 0 Å². The number of H-pyrrole nitrogens is 1. The highest BCUT2D eigenvalue weighted by Crippen LogP contribution is 2.12. The monoisotopic (exact) mass is 546 g/mol. The molecule has 14 nitrogen and oxygen atoms in total. The fourth-order valence-corrected chi connectivity index (χ4v) is 3.55. The summed E-state index contributed by atoms with van der Waals surface area (Å²) >= 11 is 0. The van der Waals surface area contributed by atoms with Gasteiger partial charge in [-0.05, 0) is 30.0 Å². The Morgan fingerprint density at radius 2 is 1.49 bits per heavy atom. The summed E-state index contributed by atoms with van der Waals surface area (Å²) in [4.78, 5) is 68.6. The van der Waals surface area contributed by atoms with Crippen LogP contribution in [-0.2, 0) is 36.8 Å². The van der Waals surface area contributed by atoms with Crippen LogP contribution >= 0.6 is 0 Å². The Morgan fingerprint density at radius 1 is 0.897 bits per heavy atom. The average Bonchev–Trinajstić information content (AvgIpc) is 3.39. The normalized spacial score (nSPS) is 14.1. The number of nitrogens with two attached hydrogens (primary N) is 1. The van der Waals surface area contributed by atoms with Crippen molar-refractivity contribution in [2.75, 3.05) is 0 Å². The van der Waals surface area contributed by atoms with Crippen LogP contribution in [0, 0.1) is 5.92 Å². The molecule has 1 aromatic heterocycles. The molecule has 1 heterocycles. The number of carbonyl (C=O) groups excluding carboxylic acids is 3. The molecule has 0 fully saturated rings. The van der Waals surface area contributed by atoms with Crippen LogP contribution in [0.3, 0.4) is 0 Å². The highest BCUT2D eigenvalue weighted by Gasteiger charge is 2.31. The molecule has 4 unspecified atom stereocenters. The van der Waals surface area contributed by atoms with Crippen LogP contribution < -0.4 is 21.7 Å². The minimum absolute atomic E-state index is 0.0165. The first kappa shape index (κ1) is 30.8. The number of phenols is 1. The summed E-state index contributed by atoms with van der Waals surface area (Å²) in [6.07, 6.45) is 1.83.